The maximum absolute atomic E-state index is 6.06. The maximum atomic E-state index is 6.06. The van der Waals surface area contributed by atoms with Crippen LogP contribution in [0.15, 0.2) is 51.8 Å². The van der Waals surface area contributed by atoms with Crippen molar-refractivity contribution in [2.45, 2.75) is 17.2 Å². The molecule has 0 spiro atoms. The zero-order chi connectivity index (χ0) is 13.9. The molecule has 1 aliphatic heterocycles. The van der Waals surface area contributed by atoms with Crippen molar-refractivity contribution >= 4 is 33.4 Å². The molecule has 1 heterocycles. The highest BCUT2D eigenvalue weighted by Gasteiger charge is 2.21. The Balaban J connectivity index is 1.73. The number of nitrogen functional groups attached to an aromatic ring is 1. The number of benzene rings is 2. The van der Waals surface area contributed by atoms with Crippen molar-refractivity contribution in [1.29, 1.82) is 0 Å². The van der Waals surface area contributed by atoms with Crippen molar-refractivity contribution in [2.24, 2.45) is 0 Å². The minimum Gasteiger partial charge on any atom is -0.493 e. The Morgan fingerprint density at radius 2 is 2.10 bits per heavy atom. The van der Waals surface area contributed by atoms with Crippen LogP contribution in [0.4, 0.5) is 5.69 Å². The van der Waals surface area contributed by atoms with Crippen LogP contribution in [-0.4, -0.2) is 12.4 Å². The number of nitrogens with two attached hydrogens (primary N) is 1. The first-order valence-electron chi connectivity index (χ1n) is 6.63. The van der Waals surface area contributed by atoms with E-state index in [9.17, 15) is 0 Å². The monoisotopic (exact) mass is 349 g/mol. The third-order valence-electron chi connectivity index (χ3n) is 3.49. The summed E-state index contributed by atoms with van der Waals surface area (Å²) in [7, 11) is 0. The Hall–Kier alpha value is -1.13. The first kappa shape index (κ1) is 13.8. The van der Waals surface area contributed by atoms with Crippen molar-refractivity contribution in [3.63, 3.8) is 0 Å². The van der Waals surface area contributed by atoms with Gasteiger partial charge < -0.3 is 10.5 Å². The summed E-state index contributed by atoms with van der Waals surface area (Å²) in [6, 6.07) is 14.4. The van der Waals surface area contributed by atoms with Gasteiger partial charge in [-0.25, -0.2) is 0 Å². The largest absolute Gasteiger partial charge is 0.493 e. The van der Waals surface area contributed by atoms with Crippen LogP contribution >= 0.6 is 27.7 Å². The Kier molecular flexibility index (Phi) is 4.22. The molecule has 0 bridgehead atoms. The van der Waals surface area contributed by atoms with Gasteiger partial charge in [0.05, 0.1) is 6.61 Å². The predicted octanol–water partition coefficient (Wildman–Crippen LogP) is 4.69. The molecule has 1 atom stereocenters. The fraction of sp³-hybridized carbons (Fsp3) is 0.250. The fourth-order valence-electron chi connectivity index (χ4n) is 2.43. The summed E-state index contributed by atoms with van der Waals surface area (Å²) in [6.07, 6.45) is 1.07. The minimum absolute atomic E-state index is 0.535. The molecule has 20 heavy (non-hydrogen) atoms. The second kappa shape index (κ2) is 6.10. The summed E-state index contributed by atoms with van der Waals surface area (Å²) in [5.41, 5.74) is 8.22. The fourth-order valence-corrected chi connectivity index (χ4v) is 3.93. The van der Waals surface area contributed by atoms with E-state index in [0.29, 0.717) is 5.92 Å². The average Bonchev–Trinajstić information content (AvgIpc) is 2.46. The molecule has 2 N–H and O–H groups in total. The van der Waals surface area contributed by atoms with E-state index in [1.807, 2.05) is 30.0 Å². The molecule has 0 aliphatic carbocycles. The number of fused-ring (bicyclic) bond motifs is 1. The second-order valence-electron chi connectivity index (χ2n) is 4.87. The smallest absolute Gasteiger partial charge is 0.122 e. The number of hydrogen-bond acceptors (Lipinski definition) is 3. The van der Waals surface area contributed by atoms with Gasteiger partial charge in [0.15, 0.2) is 0 Å². The van der Waals surface area contributed by atoms with Gasteiger partial charge in [-0.3, -0.25) is 0 Å². The van der Waals surface area contributed by atoms with Gasteiger partial charge in [-0.1, -0.05) is 34.1 Å². The molecule has 1 unspecified atom stereocenters. The molecule has 4 heteroatoms. The SMILES string of the molecule is Nc1cc(Br)ccc1SCC1CCOc2ccccc21. The maximum Gasteiger partial charge on any atom is 0.122 e. The molecule has 0 radical (unpaired) electrons. The molecule has 0 amide bonds. The molecular weight excluding hydrogens is 334 g/mol. The van der Waals surface area contributed by atoms with E-state index in [2.05, 4.69) is 40.2 Å². The molecule has 104 valence electrons. The third kappa shape index (κ3) is 2.96. The lowest BCUT2D eigenvalue weighted by Gasteiger charge is -2.25. The average molecular weight is 350 g/mol. The van der Waals surface area contributed by atoms with Crippen LogP contribution in [0.25, 0.3) is 0 Å². The number of thioether (sulfide) groups is 1. The van der Waals surface area contributed by atoms with E-state index >= 15 is 0 Å². The lowest BCUT2D eigenvalue weighted by Crippen LogP contribution is -2.15. The Bertz CT molecular complexity index is 617. The highest BCUT2D eigenvalue weighted by molar-refractivity contribution is 9.10. The van der Waals surface area contributed by atoms with Gasteiger partial charge in [0.1, 0.15) is 5.75 Å². The van der Waals surface area contributed by atoms with Gasteiger partial charge in [-0.2, -0.15) is 0 Å². The Morgan fingerprint density at radius 3 is 2.95 bits per heavy atom. The van der Waals surface area contributed by atoms with Crippen molar-refractivity contribution in [3.8, 4) is 5.75 Å². The van der Waals surface area contributed by atoms with E-state index < -0.39 is 0 Å². The van der Waals surface area contributed by atoms with Crippen molar-refractivity contribution in [2.75, 3.05) is 18.1 Å². The molecule has 0 saturated carbocycles. The van der Waals surface area contributed by atoms with E-state index in [4.69, 9.17) is 10.5 Å². The lowest BCUT2D eigenvalue weighted by atomic mass is 9.95. The molecular formula is C16H16BrNOS. The summed E-state index contributed by atoms with van der Waals surface area (Å²) in [5, 5.41) is 0. The lowest BCUT2D eigenvalue weighted by molar-refractivity contribution is 0.273. The minimum atomic E-state index is 0.535. The quantitative estimate of drug-likeness (QED) is 0.644. The van der Waals surface area contributed by atoms with E-state index in [-0.39, 0.29) is 0 Å². The van der Waals surface area contributed by atoms with E-state index in [1.54, 1.807) is 0 Å². The Morgan fingerprint density at radius 1 is 1.25 bits per heavy atom. The second-order valence-corrected chi connectivity index (χ2v) is 6.84. The molecule has 2 aromatic rings. The summed E-state index contributed by atoms with van der Waals surface area (Å²) >= 11 is 5.26. The van der Waals surface area contributed by atoms with Gasteiger partial charge >= 0.3 is 0 Å². The van der Waals surface area contributed by atoms with Gasteiger partial charge in [0.25, 0.3) is 0 Å². The van der Waals surface area contributed by atoms with Crippen LogP contribution < -0.4 is 10.5 Å². The van der Waals surface area contributed by atoms with Crippen LogP contribution in [0.2, 0.25) is 0 Å². The highest BCUT2D eigenvalue weighted by Crippen LogP contribution is 2.38. The zero-order valence-electron chi connectivity index (χ0n) is 11.0. The summed E-state index contributed by atoms with van der Waals surface area (Å²) in [4.78, 5) is 1.15. The molecule has 2 nitrogen and oxygen atoms in total. The number of rotatable bonds is 3. The van der Waals surface area contributed by atoms with Gasteiger partial charge in [0, 0.05) is 26.7 Å². The van der Waals surface area contributed by atoms with Crippen molar-refractivity contribution in [1.82, 2.24) is 0 Å². The summed E-state index contributed by atoms with van der Waals surface area (Å²) in [5.74, 6) is 2.60. The van der Waals surface area contributed by atoms with Crippen LogP contribution in [0, 0.1) is 0 Å². The topological polar surface area (TPSA) is 35.2 Å². The Labute approximate surface area is 131 Å². The number of halogens is 1. The molecule has 0 aromatic heterocycles. The predicted molar refractivity (Wildman–Crippen MR) is 88.6 cm³/mol. The number of para-hydroxylation sites is 1. The zero-order valence-corrected chi connectivity index (χ0v) is 13.4. The highest BCUT2D eigenvalue weighted by atomic mass is 79.9. The molecule has 0 fully saturated rings. The molecule has 1 aliphatic rings. The van der Waals surface area contributed by atoms with Crippen LogP contribution in [-0.2, 0) is 0 Å². The standard InChI is InChI=1S/C16H16BrNOS/c17-12-5-6-16(14(18)9-12)20-10-11-7-8-19-15-4-2-1-3-13(11)15/h1-6,9,11H,7-8,10,18H2. The third-order valence-corrected chi connectivity index (χ3v) is 5.24. The first-order valence-corrected chi connectivity index (χ1v) is 8.41. The summed E-state index contributed by atoms with van der Waals surface area (Å²) < 4.78 is 6.73. The first-order chi connectivity index (χ1) is 9.74. The normalized spacial score (nSPS) is 17.4. The molecule has 0 saturated heterocycles. The van der Waals surface area contributed by atoms with Crippen LogP contribution in [0.5, 0.6) is 5.75 Å². The van der Waals surface area contributed by atoms with Crippen LogP contribution in [0.3, 0.4) is 0 Å². The van der Waals surface area contributed by atoms with Crippen molar-refractivity contribution < 1.29 is 4.74 Å². The molecule has 2 aromatic carbocycles. The summed E-state index contributed by atoms with van der Waals surface area (Å²) in [6.45, 7) is 0.804. The van der Waals surface area contributed by atoms with Crippen molar-refractivity contribution in [3.05, 3.63) is 52.5 Å². The number of ether oxygens (including phenoxy) is 1. The van der Waals surface area contributed by atoms with E-state index in [1.165, 1.54) is 5.56 Å². The van der Waals surface area contributed by atoms with Gasteiger partial charge in [-0.05, 0) is 36.2 Å². The van der Waals surface area contributed by atoms with Crippen LogP contribution in [0.1, 0.15) is 17.9 Å². The van der Waals surface area contributed by atoms with Gasteiger partial charge in [0.2, 0.25) is 0 Å². The number of anilines is 1. The molecule has 3 rings (SSSR count). The number of hydrogen-bond donors (Lipinski definition) is 1. The van der Waals surface area contributed by atoms with E-state index in [0.717, 1.165) is 39.6 Å². The van der Waals surface area contributed by atoms with Gasteiger partial charge in [-0.15, -0.1) is 11.8 Å².